The molecule has 2 nitrogen and oxygen atoms in total. The lowest BCUT2D eigenvalue weighted by molar-refractivity contribution is 0.0552. The Labute approximate surface area is 66.2 Å². The Morgan fingerprint density at radius 2 is 2.36 bits per heavy atom. The third-order valence-corrected chi connectivity index (χ3v) is 2.15. The molecule has 1 aliphatic rings. The van der Waals surface area contributed by atoms with Gasteiger partial charge in [-0.15, -0.1) is 0 Å². The summed E-state index contributed by atoms with van der Waals surface area (Å²) in [6.07, 6.45) is 6.44. The smallest absolute Gasteiger partial charge is 0.0960 e. The molecule has 0 radical (unpaired) electrons. The van der Waals surface area contributed by atoms with Crippen LogP contribution in [0.25, 0.3) is 0 Å². The molecule has 2 rings (SSSR count). The van der Waals surface area contributed by atoms with Crippen LogP contribution in [0, 0.1) is 0 Å². The van der Waals surface area contributed by atoms with Gasteiger partial charge in [0.25, 0.3) is 0 Å². The van der Waals surface area contributed by atoms with E-state index in [0.29, 0.717) is 6.10 Å². The second-order valence-corrected chi connectivity index (χ2v) is 3.07. The van der Waals surface area contributed by atoms with E-state index in [9.17, 15) is 0 Å². The summed E-state index contributed by atoms with van der Waals surface area (Å²) in [7, 11) is 0. The second kappa shape index (κ2) is 2.70. The fourth-order valence-electron chi connectivity index (χ4n) is 1.51. The quantitative estimate of drug-likeness (QED) is 0.617. The lowest BCUT2D eigenvalue weighted by Crippen LogP contribution is -1.99. The van der Waals surface area contributed by atoms with E-state index in [0.717, 1.165) is 12.8 Å². The maximum atomic E-state index is 5.65. The molecule has 0 aliphatic carbocycles. The van der Waals surface area contributed by atoms with E-state index in [1.54, 1.807) is 12.5 Å². The summed E-state index contributed by atoms with van der Waals surface area (Å²) in [5.74, 6) is 0. The first-order valence-electron chi connectivity index (χ1n) is 4.04. The second-order valence-electron chi connectivity index (χ2n) is 3.07. The normalized spacial score (nSPS) is 31.0. The van der Waals surface area contributed by atoms with Crippen LogP contribution in [0.3, 0.4) is 0 Å². The molecular weight excluding hydrogens is 140 g/mol. The summed E-state index contributed by atoms with van der Waals surface area (Å²) in [6, 6.07) is 1.97. The molecule has 2 atom stereocenters. The lowest BCUT2D eigenvalue weighted by atomic mass is 10.1. The molecule has 0 saturated carbocycles. The largest absolute Gasteiger partial charge is 0.472 e. The molecule has 0 unspecified atom stereocenters. The fourth-order valence-corrected chi connectivity index (χ4v) is 1.51. The molecule has 0 amide bonds. The average Bonchev–Trinajstić information content (AvgIpc) is 2.55. The van der Waals surface area contributed by atoms with Crippen molar-refractivity contribution in [3.8, 4) is 0 Å². The Morgan fingerprint density at radius 3 is 2.91 bits per heavy atom. The first kappa shape index (κ1) is 6.92. The highest BCUT2D eigenvalue weighted by Gasteiger charge is 2.23. The van der Waals surface area contributed by atoms with Crippen LogP contribution in [0.1, 0.15) is 31.4 Å². The first-order valence-corrected chi connectivity index (χ1v) is 4.04. The first-order chi connectivity index (χ1) is 5.36. The van der Waals surface area contributed by atoms with Gasteiger partial charge in [-0.2, -0.15) is 0 Å². The fraction of sp³-hybridized carbons (Fsp3) is 0.556. The molecule has 1 saturated heterocycles. The summed E-state index contributed by atoms with van der Waals surface area (Å²) in [5.41, 5.74) is 1.18. The standard InChI is InChI=1S/C9H12O2/c1-7-2-3-9(11-7)8-4-5-10-6-8/h4-7,9H,2-3H2,1H3/t7-,9+/m1/s1. The van der Waals surface area contributed by atoms with Crippen LogP contribution in [-0.2, 0) is 4.74 Å². The van der Waals surface area contributed by atoms with Crippen LogP contribution < -0.4 is 0 Å². The van der Waals surface area contributed by atoms with Crippen molar-refractivity contribution < 1.29 is 9.15 Å². The minimum atomic E-state index is 0.281. The molecule has 1 aromatic heterocycles. The third-order valence-electron chi connectivity index (χ3n) is 2.15. The molecule has 1 aromatic rings. The van der Waals surface area contributed by atoms with Crippen molar-refractivity contribution in [1.29, 1.82) is 0 Å². The van der Waals surface area contributed by atoms with Crippen molar-refractivity contribution in [3.63, 3.8) is 0 Å². The van der Waals surface area contributed by atoms with Gasteiger partial charge in [0.1, 0.15) is 0 Å². The zero-order chi connectivity index (χ0) is 7.68. The summed E-state index contributed by atoms with van der Waals surface area (Å²) >= 11 is 0. The number of ether oxygens (including phenoxy) is 1. The molecule has 0 N–H and O–H groups in total. The van der Waals surface area contributed by atoms with E-state index in [-0.39, 0.29) is 6.10 Å². The zero-order valence-corrected chi connectivity index (χ0v) is 6.62. The van der Waals surface area contributed by atoms with Gasteiger partial charge in [-0.1, -0.05) is 0 Å². The Kier molecular flexibility index (Phi) is 1.70. The number of hydrogen-bond donors (Lipinski definition) is 0. The van der Waals surface area contributed by atoms with E-state index >= 15 is 0 Å². The van der Waals surface area contributed by atoms with Crippen molar-refractivity contribution in [1.82, 2.24) is 0 Å². The maximum absolute atomic E-state index is 5.65. The summed E-state index contributed by atoms with van der Waals surface area (Å²) < 4.78 is 10.6. The van der Waals surface area contributed by atoms with E-state index in [2.05, 4.69) is 6.92 Å². The minimum absolute atomic E-state index is 0.281. The Bertz CT molecular complexity index is 215. The van der Waals surface area contributed by atoms with Gasteiger partial charge in [-0.25, -0.2) is 0 Å². The van der Waals surface area contributed by atoms with E-state index in [1.807, 2.05) is 6.07 Å². The van der Waals surface area contributed by atoms with Gasteiger partial charge in [0.05, 0.1) is 24.7 Å². The van der Waals surface area contributed by atoms with Crippen LogP contribution in [0.2, 0.25) is 0 Å². The van der Waals surface area contributed by atoms with Crippen LogP contribution in [0.15, 0.2) is 23.0 Å². The van der Waals surface area contributed by atoms with Gasteiger partial charge in [0.2, 0.25) is 0 Å². The van der Waals surface area contributed by atoms with Crippen LogP contribution in [0.5, 0.6) is 0 Å². The summed E-state index contributed by atoms with van der Waals surface area (Å²) in [5, 5.41) is 0. The molecule has 0 spiro atoms. The van der Waals surface area contributed by atoms with Crippen molar-refractivity contribution in [3.05, 3.63) is 24.2 Å². The van der Waals surface area contributed by atoms with Crippen molar-refractivity contribution >= 4 is 0 Å². The highest BCUT2D eigenvalue weighted by atomic mass is 16.5. The monoisotopic (exact) mass is 152 g/mol. The number of furan rings is 1. The number of rotatable bonds is 1. The van der Waals surface area contributed by atoms with Crippen LogP contribution >= 0.6 is 0 Å². The van der Waals surface area contributed by atoms with Gasteiger partial charge in [0, 0.05) is 5.56 Å². The predicted octanol–water partition coefficient (Wildman–Crippen LogP) is 2.52. The molecule has 0 aromatic carbocycles. The van der Waals surface area contributed by atoms with Crippen molar-refractivity contribution in [2.45, 2.75) is 32.0 Å². The molecule has 2 heteroatoms. The average molecular weight is 152 g/mol. The lowest BCUT2D eigenvalue weighted by Gasteiger charge is -2.07. The van der Waals surface area contributed by atoms with Gasteiger partial charge < -0.3 is 9.15 Å². The van der Waals surface area contributed by atoms with E-state index < -0.39 is 0 Å². The van der Waals surface area contributed by atoms with Gasteiger partial charge in [-0.3, -0.25) is 0 Å². The molecule has 11 heavy (non-hydrogen) atoms. The molecule has 1 aliphatic heterocycles. The molecular formula is C9H12O2. The topological polar surface area (TPSA) is 22.4 Å². The zero-order valence-electron chi connectivity index (χ0n) is 6.62. The van der Waals surface area contributed by atoms with Crippen molar-refractivity contribution in [2.75, 3.05) is 0 Å². The van der Waals surface area contributed by atoms with Crippen molar-refractivity contribution in [2.24, 2.45) is 0 Å². The minimum Gasteiger partial charge on any atom is -0.472 e. The van der Waals surface area contributed by atoms with Gasteiger partial charge in [-0.05, 0) is 25.8 Å². The Balaban J connectivity index is 2.08. The SMILES string of the molecule is C[C@@H]1CC[C@@H](c2ccoc2)O1. The number of hydrogen-bond acceptors (Lipinski definition) is 2. The highest BCUT2D eigenvalue weighted by Crippen LogP contribution is 2.32. The van der Waals surface area contributed by atoms with E-state index in [4.69, 9.17) is 9.15 Å². The summed E-state index contributed by atoms with van der Waals surface area (Å²) in [4.78, 5) is 0. The molecule has 0 bridgehead atoms. The van der Waals surface area contributed by atoms with Crippen LogP contribution in [0.4, 0.5) is 0 Å². The third kappa shape index (κ3) is 1.31. The predicted molar refractivity (Wildman–Crippen MR) is 41.2 cm³/mol. The molecule has 60 valence electrons. The summed E-state index contributed by atoms with van der Waals surface area (Å²) in [6.45, 7) is 2.11. The molecule has 2 heterocycles. The maximum Gasteiger partial charge on any atom is 0.0960 e. The Hall–Kier alpha value is -0.760. The van der Waals surface area contributed by atoms with Gasteiger partial charge in [0.15, 0.2) is 0 Å². The molecule has 1 fully saturated rings. The Morgan fingerprint density at radius 1 is 1.45 bits per heavy atom. The van der Waals surface area contributed by atoms with Crippen LogP contribution in [-0.4, -0.2) is 6.10 Å². The van der Waals surface area contributed by atoms with E-state index in [1.165, 1.54) is 5.56 Å². The highest BCUT2D eigenvalue weighted by molar-refractivity contribution is 5.10. The van der Waals surface area contributed by atoms with Gasteiger partial charge >= 0.3 is 0 Å².